The summed E-state index contributed by atoms with van der Waals surface area (Å²) in [6, 6.07) is 22.9. The lowest BCUT2D eigenvalue weighted by Crippen LogP contribution is -2.52. The molecule has 3 aliphatic carbocycles. The first-order valence-corrected chi connectivity index (χ1v) is 27.0. The van der Waals surface area contributed by atoms with Gasteiger partial charge in [-0.1, -0.05) is 26.0 Å². The average Bonchev–Trinajstić information content (AvgIpc) is 3.78. The number of carboxylic acids is 2. The van der Waals surface area contributed by atoms with Gasteiger partial charge in [0.1, 0.15) is 11.5 Å². The predicted molar refractivity (Wildman–Crippen MR) is 293 cm³/mol. The van der Waals surface area contributed by atoms with Crippen molar-refractivity contribution in [3.05, 3.63) is 119 Å². The fraction of sp³-hybridized carbons (Fsp3) is 0.500. The summed E-state index contributed by atoms with van der Waals surface area (Å²) in [5.74, 6) is -4.74. The number of carboxylic acid groups (broad SMARTS) is 2. The first-order chi connectivity index (χ1) is 36.4. The van der Waals surface area contributed by atoms with Crippen molar-refractivity contribution in [2.24, 2.45) is 10.8 Å². The molecule has 16 heteroatoms. The van der Waals surface area contributed by atoms with Crippen LogP contribution in [0.4, 0.5) is 28.9 Å². The maximum absolute atomic E-state index is 13.3. The van der Waals surface area contributed by atoms with Crippen LogP contribution in [0.5, 0.6) is 11.5 Å². The standard InChI is InChI=1S/2C19H24F2N2O.2C10H11NO2.C2H6/c2*1-13-9-16(24-2)15(14-3-6-22-17(13)14)10-23-7-4-18(5-8-23)11-19(20,21)12-18;12-10(13)8-3-1-4-9(7-8)11-5-2-6-11;12-10(13)7-2-1-3-9(6-7)11-8-4-5-8;1-2/h2*3,6,9,22H,4-5,7-8,10-12H2,1-2H3;1,3-4,7H,2,5-6H2,(H,12,13);1-3,6,8,11H,4-5H2,(H,12,13);1-2H3. The summed E-state index contributed by atoms with van der Waals surface area (Å²) >= 11 is 0. The van der Waals surface area contributed by atoms with E-state index in [9.17, 15) is 27.2 Å². The van der Waals surface area contributed by atoms with Gasteiger partial charge in [-0.3, -0.25) is 9.80 Å². The van der Waals surface area contributed by atoms with E-state index >= 15 is 0 Å². The normalized spacial score (nSPS) is 19.6. The van der Waals surface area contributed by atoms with Gasteiger partial charge in [0.05, 0.1) is 25.3 Å². The fourth-order valence-electron chi connectivity index (χ4n) is 11.8. The highest BCUT2D eigenvalue weighted by atomic mass is 19.3. The number of aromatic carboxylic acids is 2. The largest absolute Gasteiger partial charge is 0.496 e. The highest BCUT2D eigenvalue weighted by Crippen LogP contribution is 2.58. The molecule has 0 atom stereocenters. The Labute approximate surface area is 444 Å². The molecule has 76 heavy (non-hydrogen) atoms. The molecule has 3 saturated carbocycles. The van der Waals surface area contributed by atoms with Gasteiger partial charge in [0.15, 0.2) is 0 Å². The van der Waals surface area contributed by atoms with Crippen molar-refractivity contribution in [3.8, 4) is 11.5 Å². The summed E-state index contributed by atoms with van der Waals surface area (Å²) in [6.45, 7) is 15.4. The SMILES string of the molecule is CC.COc1cc(C)c2[nH]ccc2c1CN1CCC2(CC1)CC(F)(F)C2.COc1cc(C)c2[nH]ccc2c1CN1CCC2(CC1)CC(F)(F)C2.O=C(O)c1cccc(N2CCC2)c1.O=C(O)c1cccc(NC2CC2)c1. The summed E-state index contributed by atoms with van der Waals surface area (Å²) in [7, 11) is 3.41. The van der Waals surface area contributed by atoms with Gasteiger partial charge in [0, 0.05) is 115 Å². The molecule has 410 valence electrons. The fourth-order valence-corrected chi connectivity index (χ4v) is 11.8. The number of ether oxygens (including phenoxy) is 2. The highest BCUT2D eigenvalue weighted by Gasteiger charge is 2.57. The zero-order chi connectivity index (χ0) is 54.4. The highest BCUT2D eigenvalue weighted by molar-refractivity contribution is 5.90. The lowest BCUT2D eigenvalue weighted by atomic mass is 9.61. The van der Waals surface area contributed by atoms with Crippen LogP contribution in [0.15, 0.2) is 85.2 Å². The zero-order valence-corrected chi connectivity index (χ0v) is 45.0. The van der Waals surface area contributed by atoms with Crippen LogP contribution < -0.4 is 19.7 Å². The Morgan fingerprint density at radius 1 is 0.632 bits per heavy atom. The molecule has 6 fully saturated rings. The van der Waals surface area contributed by atoms with E-state index in [0.29, 0.717) is 17.2 Å². The molecular formula is C60H76F4N6O6. The Morgan fingerprint density at radius 3 is 1.45 bits per heavy atom. The number of alkyl halides is 4. The lowest BCUT2D eigenvalue weighted by molar-refractivity contribution is -0.178. The van der Waals surface area contributed by atoms with Gasteiger partial charge in [-0.05, 0) is 168 Å². The molecule has 2 aromatic heterocycles. The van der Waals surface area contributed by atoms with E-state index in [0.717, 1.165) is 112 Å². The Kier molecular flexibility index (Phi) is 17.3. The van der Waals surface area contributed by atoms with E-state index in [1.54, 1.807) is 50.6 Å². The number of hydrogen-bond acceptors (Lipinski definition) is 8. The number of benzene rings is 4. The second-order valence-corrected chi connectivity index (χ2v) is 21.8. The van der Waals surface area contributed by atoms with Crippen LogP contribution in [0.1, 0.15) is 127 Å². The van der Waals surface area contributed by atoms with E-state index in [4.69, 9.17) is 19.7 Å². The van der Waals surface area contributed by atoms with Gasteiger partial charge in [0.2, 0.25) is 11.8 Å². The van der Waals surface area contributed by atoms with Crippen molar-refractivity contribution >= 4 is 45.1 Å². The molecule has 12 rings (SSSR count). The first-order valence-electron chi connectivity index (χ1n) is 27.0. The van der Waals surface area contributed by atoms with Crippen LogP contribution >= 0.6 is 0 Å². The summed E-state index contributed by atoms with van der Waals surface area (Å²) in [5.41, 5.74) is 9.46. The van der Waals surface area contributed by atoms with Crippen LogP contribution in [0.25, 0.3) is 21.8 Å². The maximum Gasteiger partial charge on any atom is 0.335 e. The van der Waals surface area contributed by atoms with Crippen LogP contribution in [0.2, 0.25) is 0 Å². The molecule has 5 heterocycles. The number of H-pyrrole nitrogens is 2. The molecule has 2 spiro atoms. The topological polar surface area (TPSA) is 146 Å². The first kappa shape index (κ1) is 56.0. The minimum atomic E-state index is -2.42. The maximum atomic E-state index is 13.3. The monoisotopic (exact) mass is 1050 g/mol. The number of aryl methyl sites for hydroxylation is 2. The number of nitrogens with one attached hydrogen (secondary N) is 3. The molecule has 0 amide bonds. The van der Waals surface area contributed by atoms with Gasteiger partial charge < -0.3 is 39.9 Å². The number of aromatic amines is 2. The van der Waals surface area contributed by atoms with Gasteiger partial charge >= 0.3 is 11.9 Å². The number of hydrogen-bond donors (Lipinski definition) is 5. The van der Waals surface area contributed by atoms with Crippen LogP contribution in [0, 0.1) is 24.7 Å². The number of aromatic nitrogens is 2. The number of methoxy groups -OCH3 is 2. The van der Waals surface area contributed by atoms with Crippen molar-refractivity contribution in [2.45, 2.75) is 129 Å². The molecule has 12 nitrogen and oxygen atoms in total. The number of fused-ring (bicyclic) bond motifs is 2. The molecule has 6 aromatic rings. The van der Waals surface area contributed by atoms with Crippen LogP contribution in [-0.2, 0) is 13.1 Å². The van der Waals surface area contributed by atoms with Gasteiger partial charge in [-0.15, -0.1) is 0 Å². The van der Waals surface area contributed by atoms with Crippen molar-refractivity contribution in [1.29, 1.82) is 0 Å². The minimum absolute atomic E-state index is 0.0871. The molecule has 0 bridgehead atoms. The quantitative estimate of drug-likeness (QED) is 0.0795. The molecule has 3 aliphatic heterocycles. The summed E-state index contributed by atoms with van der Waals surface area (Å²) in [5, 5.41) is 23.1. The third kappa shape index (κ3) is 13.3. The Morgan fingerprint density at radius 2 is 1.07 bits per heavy atom. The minimum Gasteiger partial charge on any atom is -0.496 e. The van der Waals surface area contributed by atoms with E-state index in [1.807, 2.05) is 38.4 Å². The van der Waals surface area contributed by atoms with Gasteiger partial charge in [0.25, 0.3) is 0 Å². The smallest absolute Gasteiger partial charge is 0.335 e. The summed E-state index contributed by atoms with van der Waals surface area (Å²) < 4.78 is 64.2. The number of carbonyl (C=O) groups is 2. The molecule has 4 aromatic carbocycles. The third-order valence-electron chi connectivity index (χ3n) is 16.2. The second kappa shape index (κ2) is 23.5. The second-order valence-electron chi connectivity index (χ2n) is 21.8. The Bertz CT molecular complexity index is 2800. The zero-order valence-electron chi connectivity index (χ0n) is 45.0. The number of piperidine rings is 2. The number of rotatable bonds is 11. The van der Waals surface area contributed by atoms with E-state index in [2.05, 4.69) is 68.1 Å². The number of anilines is 2. The molecule has 6 aliphatic rings. The third-order valence-corrected chi connectivity index (χ3v) is 16.2. The molecule has 5 N–H and O–H groups in total. The molecule has 3 saturated heterocycles. The molecule has 0 unspecified atom stereocenters. The average molecular weight is 1050 g/mol. The Hall–Kier alpha value is -6.26. The van der Waals surface area contributed by atoms with Gasteiger partial charge in [-0.2, -0.15) is 0 Å². The van der Waals surface area contributed by atoms with E-state index < -0.39 is 23.8 Å². The summed E-state index contributed by atoms with van der Waals surface area (Å²) in [6.07, 6.45) is 11.4. The number of nitrogens with zero attached hydrogens (tertiary/aromatic N) is 3. The van der Waals surface area contributed by atoms with E-state index in [1.165, 1.54) is 52.3 Å². The van der Waals surface area contributed by atoms with Crippen molar-refractivity contribution in [1.82, 2.24) is 19.8 Å². The summed E-state index contributed by atoms with van der Waals surface area (Å²) in [4.78, 5) is 34.8. The molecular weight excluding hydrogens is 977 g/mol. The number of halogens is 4. The van der Waals surface area contributed by atoms with Crippen LogP contribution in [0.3, 0.4) is 0 Å². The van der Waals surface area contributed by atoms with Gasteiger partial charge in [-0.25, -0.2) is 27.2 Å². The Balaban J connectivity index is 0.000000138. The lowest BCUT2D eigenvalue weighted by Gasteiger charge is -2.51. The van der Waals surface area contributed by atoms with E-state index in [-0.39, 0.29) is 36.5 Å². The van der Waals surface area contributed by atoms with Crippen molar-refractivity contribution in [3.63, 3.8) is 0 Å². The predicted octanol–water partition coefficient (Wildman–Crippen LogP) is 13.6. The van der Waals surface area contributed by atoms with Crippen LogP contribution in [-0.4, -0.2) is 113 Å². The number of likely N-dealkylation sites (tertiary alicyclic amines) is 2. The van der Waals surface area contributed by atoms with Crippen molar-refractivity contribution < 1.29 is 46.8 Å². The van der Waals surface area contributed by atoms with Crippen molar-refractivity contribution in [2.75, 3.05) is 63.7 Å². The molecule has 0 radical (unpaired) electrons.